The predicted molar refractivity (Wildman–Crippen MR) is 132 cm³/mol. The molecule has 0 radical (unpaired) electrons. The number of carbonyl (C=O) groups is 5. The molecule has 12 heteroatoms. The van der Waals surface area contributed by atoms with Gasteiger partial charge in [0.1, 0.15) is 18.6 Å². The number of aromatic amines is 1. The number of para-hydroxylation sites is 1. The fourth-order valence-corrected chi connectivity index (χ4v) is 3.70. The van der Waals surface area contributed by atoms with Gasteiger partial charge in [-0.2, -0.15) is 0 Å². The van der Waals surface area contributed by atoms with Crippen LogP contribution in [0.1, 0.15) is 38.7 Å². The first kappa shape index (κ1) is 28.3. The van der Waals surface area contributed by atoms with Crippen molar-refractivity contribution >= 4 is 40.5 Å². The summed E-state index contributed by atoms with van der Waals surface area (Å²) in [6.07, 6.45) is 2.02. The fraction of sp³-hybridized carbons (Fsp3) is 0.458. The Morgan fingerprint density at radius 1 is 1.00 bits per heavy atom. The number of amides is 4. The molecule has 12 nitrogen and oxygen atoms in total. The van der Waals surface area contributed by atoms with E-state index in [1.165, 1.54) is 0 Å². The van der Waals surface area contributed by atoms with Crippen LogP contribution in [-0.2, 0) is 30.4 Å². The van der Waals surface area contributed by atoms with Gasteiger partial charge in [-0.25, -0.2) is 0 Å². The van der Waals surface area contributed by atoms with Crippen molar-refractivity contribution in [2.75, 3.05) is 6.54 Å². The number of rotatable bonds is 14. The fourth-order valence-electron chi connectivity index (χ4n) is 3.70. The molecular weight excluding hydrogens is 468 g/mol. The summed E-state index contributed by atoms with van der Waals surface area (Å²) in [5.41, 5.74) is 12.5. The Labute approximate surface area is 208 Å². The van der Waals surface area contributed by atoms with Crippen LogP contribution >= 0.6 is 0 Å². The second-order valence-corrected chi connectivity index (χ2v) is 9.04. The number of benzene rings is 1. The highest BCUT2D eigenvalue weighted by Gasteiger charge is 2.29. The van der Waals surface area contributed by atoms with E-state index in [4.69, 9.17) is 16.6 Å². The highest BCUT2D eigenvalue weighted by atomic mass is 16.4. The lowest BCUT2D eigenvalue weighted by molar-refractivity contribution is -0.138. The van der Waals surface area contributed by atoms with Crippen molar-refractivity contribution in [3.05, 3.63) is 36.0 Å². The van der Waals surface area contributed by atoms with Crippen LogP contribution in [0.2, 0.25) is 0 Å². The summed E-state index contributed by atoms with van der Waals surface area (Å²) in [7, 11) is 0. The Bertz CT molecular complexity index is 1100. The number of carboxylic acid groups (broad SMARTS) is 1. The molecule has 196 valence electrons. The Morgan fingerprint density at radius 3 is 2.31 bits per heavy atom. The number of carboxylic acids is 1. The van der Waals surface area contributed by atoms with Crippen LogP contribution < -0.4 is 27.4 Å². The summed E-state index contributed by atoms with van der Waals surface area (Å²) in [5.74, 6) is -3.73. The SMILES string of the molecule is CC(C)CC(NC(=O)C(N)CCC(N)=O)C(=O)NC(Cc1c[nH]c2ccccc12)C(=O)NCC(=O)O. The van der Waals surface area contributed by atoms with Crippen molar-refractivity contribution in [1.29, 1.82) is 0 Å². The lowest BCUT2D eigenvalue weighted by Crippen LogP contribution is -2.56. The highest BCUT2D eigenvalue weighted by molar-refractivity contribution is 5.94. The largest absolute Gasteiger partial charge is 0.480 e. The minimum Gasteiger partial charge on any atom is -0.480 e. The second-order valence-electron chi connectivity index (χ2n) is 9.04. The molecule has 0 saturated heterocycles. The van der Waals surface area contributed by atoms with Crippen LogP contribution in [0.5, 0.6) is 0 Å². The number of aliphatic carboxylic acids is 1. The number of hydrogen-bond acceptors (Lipinski definition) is 6. The van der Waals surface area contributed by atoms with Crippen LogP contribution in [-0.4, -0.2) is 64.4 Å². The molecule has 0 bridgehead atoms. The quantitative estimate of drug-likeness (QED) is 0.180. The van der Waals surface area contributed by atoms with Crippen molar-refractivity contribution in [2.24, 2.45) is 17.4 Å². The van der Waals surface area contributed by atoms with Crippen LogP contribution in [0, 0.1) is 5.92 Å². The maximum atomic E-state index is 13.2. The average molecular weight is 503 g/mol. The van der Waals surface area contributed by atoms with E-state index in [0.717, 1.165) is 16.5 Å². The standard InChI is InChI=1S/C24H34N6O6/c1-13(2)9-18(29-22(34)16(25)7-8-20(26)31)24(36)30-19(23(35)28-12-21(32)33)10-14-11-27-17-6-4-3-5-15(14)17/h3-6,11,13,16,18-19,27H,7-10,12,25H2,1-2H3,(H2,26,31)(H,28,35)(H,29,34)(H,30,36)(H,32,33). The number of nitrogens with one attached hydrogen (secondary N) is 4. The predicted octanol–water partition coefficient (Wildman–Crippen LogP) is -0.480. The number of fused-ring (bicyclic) bond motifs is 1. The molecule has 1 aromatic carbocycles. The van der Waals surface area contributed by atoms with Gasteiger partial charge in [0, 0.05) is 29.9 Å². The first-order chi connectivity index (χ1) is 17.0. The maximum Gasteiger partial charge on any atom is 0.322 e. The molecule has 4 amide bonds. The van der Waals surface area contributed by atoms with Gasteiger partial charge >= 0.3 is 5.97 Å². The van der Waals surface area contributed by atoms with Gasteiger partial charge in [-0.1, -0.05) is 32.0 Å². The van der Waals surface area contributed by atoms with Crippen molar-refractivity contribution < 1.29 is 29.1 Å². The lowest BCUT2D eigenvalue weighted by atomic mass is 10.00. The normalized spacial score (nSPS) is 13.6. The van der Waals surface area contributed by atoms with E-state index in [1.54, 1.807) is 6.20 Å². The third-order valence-corrected chi connectivity index (χ3v) is 5.52. The first-order valence-corrected chi connectivity index (χ1v) is 11.7. The number of carbonyl (C=O) groups excluding carboxylic acids is 4. The molecular formula is C24H34N6O6. The molecule has 1 heterocycles. The molecule has 3 unspecified atom stereocenters. The Balaban J connectivity index is 2.21. The van der Waals surface area contributed by atoms with Gasteiger partial charge in [0.15, 0.2) is 0 Å². The zero-order chi connectivity index (χ0) is 26.8. The van der Waals surface area contributed by atoms with Crippen molar-refractivity contribution in [2.45, 2.75) is 57.7 Å². The summed E-state index contributed by atoms with van der Waals surface area (Å²) < 4.78 is 0. The molecule has 2 aromatic rings. The third-order valence-electron chi connectivity index (χ3n) is 5.52. The molecule has 36 heavy (non-hydrogen) atoms. The van der Waals surface area contributed by atoms with Crippen LogP contribution in [0.15, 0.2) is 30.5 Å². The molecule has 9 N–H and O–H groups in total. The summed E-state index contributed by atoms with van der Waals surface area (Å²) in [6, 6.07) is 4.28. The Hall–Kier alpha value is -3.93. The second kappa shape index (κ2) is 13.2. The first-order valence-electron chi connectivity index (χ1n) is 11.7. The molecule has 1 aromatic heterocycles. The summed E-state index contributed by atoms with van der Waals surface area (Å²) in [5, 5.41) is 17.4. The molecule has 2 rings (SSSR count). The number of hydrogen-bond donors (Lipinski definition) is 7. The summed E-state index contributed by atoms with van der Waals surface area (Å²) in [4.78, 5) is 63.6. The van der Waals surface area contributed by atoms with E-state index in [2.05, 4.69) is 20.9 Å². The Kier molecular flexibility index (Phi) is 10.4. The molecule has 3 atom stereocenters. The van der Waals surface area contributed by atoms with Gasteiger partial charge in [-0.3, -0.25) is 24.0 Å². The number of aromatic nitrogens is 1. The van der Waals surface area contributed by atoms with Gasteiger partial charge in [0.25, 0.3) is 0 Å². The molecule has 0 fully saturated rings. The van der Waals surface area contributed by atoms with Gasteiger partial charge < -0.3 is 37.5 Å². The van der Waals surface area contributed by atoms with Crippen molar-refractivity contribution in [3.63, 3.8) is 0 Å². The molecule has 0 spiro atoms. The van der Waals surface area contributed by atoms with E-state index in [0.29, 0.717) is 0 Å². The highest BCUT2D eigenvalue weighted by Crippen LogP contribution is 2.19. The topological polar surface area (TPSA) is 209 Å². The van der Waals surface area contributed by atoms with Crippen LogP contribution in [0.4, 0.5) is 0 Å². The Morgan fingerprint density at radius 2 is 1.67 bits per heavy atom. The van der Waals surface area contributed by atoms with E-state index >= 15 is 0 Å². The van der Waals surface area contributed by atoms with E-state index < -0.39 is 54.3 Å². The zero-order valence-corrected chi connectivity index (χ0v) is 20.4. The summed E-state index contributed by atoms with van der Waals surface area (Å²) >= 11 is 0. The zero-order valence-electron chi connectivity index (χ0n) is 20.4. The lowest BCUT2D eigenvalue weighted by Gasteiger charge is -2.25. The van der Waals surface area contributed by atoms with E-state index in [1.807, 2.05) is 38.1 Å². The van der Waals surface area contributed by atoms with E-state index in [9.17, 15) is 24.0 Å². The van der Waals surface area contributed by atoms with Gasteiger partial charge in [-0.05, 0) is 30.4 Å². The minimum absolute atomic E-state index is 0.01000. The van der Waals surface area contributed by atoms with Gasteiger partial charge in [0.05, 0.1) is 6.04 Å². The summed E-state index contributed by atoms with van der Waals surface area (Å²) in [6.45, 7) is 3.12. The third kappa shape index (κ3) is 8.69. The van der Waals surface area contributed by atoms with Crippen molar-refractivity contribution in [1.82, 2.24) is 20.9 Å². The number of primary amides is 1. The molecule has 0 aliphatic rings. The molecule has 0 aliphatic heterocycles. The molecule has 0 aliphatic carbocycles. The monoisotopic (exact) mass is 502 g/mol. The smallest absolute Gasteiger partial charge is 0.322 e. The minimum atomic E-state index is -1.23. The van der Waals surface area contributed by atoms with Crippen LogP contribution in [0.3, 0.4) is 0 Å². The molecule has 0 saturated carbocycles. The van der Waals surface area contributed by atoms with E-state index in [-0.39, 0.29) is 31.6 Å². The number of H-pyrrole nitrogens is 1. The maximum absolute atomic E-state index is 13.2. The van der Waals surface area contributed by atoms with Gasteiger partial charge in [-0.15, -0.1) is 0 Å². The average Bonchev–Trinajstić information content (AvgIpc) is 3.22. The number of nitrogens with two attached hydrogens (primary N) is 2. The van der Waals surface area contributed by atoms with Gasteiger partial charge in [0.2, 0.25) is 23.6 Å². The van der Waals surface area contributed by atoms with Crippen molar-refractivity contribution in [3.8, 4) is 0 Å². The van der Waals surface area contributed by atoms with Crippen LogP contribution in [0.25, 0.3) is 10.9 Å².